The molecule has 5 nitrogen and oxygen atoms in total. The maximum absolute atomic E-state index is 13.4. The summed E-state index contributed by atoms with van der Waals surface area (Å²) in [6.07, 6.45) is -7.28. The van der Waals surface area contributed by atoms with Crippen LogP contribution in [0, 0.1) is 6.92 Å². The number of rotatable bonds is 3. The van der Waals surface area contributed by atoms with Gasteiger partial charge in [-0.25, -0.2) is 15.0 Å². The van der Waals surface area contributed by atoms with Crippen LogP contribution in [0.2, 0.25) is 0 Å². The van der Waals surface area contributed by atoms with E-state index in [1.54, 1.807) is 31.3 Å². The van der Waals surface area contributed by atoms with Crippen molar-refractivity contribution >= 4 is 22.5 Å². The van der Waals surface area contributed by atoms with Gasteiger partial charge in [-0.3, -0.25) is 4.98 Å². The molecule has 0 bridgehead atoms. The van der Waals surface area contributed by atoms with Crippen molar-refractivity contribution in [3.63, 3.8) is 0 Å². The summed E-state index contributed by atoms with van der Waals surface area (Å²) >= 11 is 0. The molecule has 0 saturated heterocycles. The number of hydrogen-bond acceptors (Lipinski definition) is 5. The maximum atomic E-state index is 13.4. The van der Waals surface area contributed by atoms with Gasteiger partial charge in [-0.05, 0) is 30.7 Å². The van der Waals surface area contributed by atoms with Crippen molar-refractivity contribution in [2.45, 2.75) is 19.3 Å². The van der Waals surface area contributed by atoms with Gasteiger partial charge in [-0.15, -0.1) is 0 Å². The Labute approximate surface area is 177 Å². The smallest absolute Gasteiger partial charge is 0.325 e. The molecule has 32 heavy (non-hydrogen) atoms. The van der Waals surface area contributed by atoms with E-state index in [4.69, 9.17) is 0 Å². The molecule has 11 heteroatoms. The normalized spacial score (nSPS) is 12.2. The molecule has 0 spiro atoms. The number of benzene rings is 1. The van der Waals surface area contributed by atoms with Gasteiger partial charge >= 0.3 is 12.4 Å². The first-order chi connectivity index (χ1) is 15.0. The van der Waals surface area contributed by atoms with Crippen LogP contribution >= 0.6 is 0 Å². The Morgan fingerprint density at radius 3 is 2.25 bits per heavy atom. The van der Waals surface area contributed by atoms with Gasteiger partial charge in [0.1, 0.15) is 11.6 Å². The van der Waals surface area contributed by atoms with Crippen LogP contribution in [0.3, 0.4) is 0 Å². The lowest BCUT2D eigenvalue weighted by molar-refractivity contribution is -0.144. The molecule has 1 N–H and O–H groups in total. The first-order valence-corrected chi connectivity index (χ1v) is 9.13. The van der Waals surface area contributed by atoms with E-state index in [9.17, 15) is 26.3 Å². The van der Waals surface area contributed by atoms with E-state index >= 15 is 0 Å². The van der Waals surface area contributed by atoms with E-state index in [1.807, 2.05) is 6.07 Å². The van der Waals surface area contributed by atoms with Crippen LogP contribution in [-0.2, 0) is 12.4 Å². The summed E-state index contributed by atoms with van der Waals surface area (Å²) in [5, 5.41) is 3.33. The molecule has 0 fully saturated rings. The molecule has 0 aliphatic carbocycles. The second kappa shape index (κ2) is 7.74. The molecule has 0 amide bonds. The van der Waals surface area contributed by atoms with Gasteiger partial charge in [0.2, 0.25) is 5.82 Å². The molecule has 3 heterocycles. The van der Waals surface area contributed by atoms with E-state index in [0.29, 0.717) is 22.8 Å². The van der Waals surface area contributed by atoms with E-state index in [2.05, 4.69) is 25.3 Å². The molecule has 3 aromatic heterocycles. The maximum Gasteiger partial charge on any atom is 0.451 e. The van der Waals surface area contributed by atoms with E-state index in [0.717, 1.165) is 17.5 Å². The summed E-state index contributed by atoms with van der Waals surface area (Å²) in [5.41, 5.74) is 0.630. The fraction of sp³-hybridized carbons (Fsp3) is 0.143. The minimum absolute atomic E-state index is 0.0215. The molecule has 1 aromatic carbocycles. The summed E-state index contributed by atoms with van der Waals surface area (Å²) in [5.74, 6) is -1.77. The van der Waals surface area contributed by atoms with Crippen LogP contribution in [0.1, 0.15) is 17.0 Å². The van der Waals surface area contributed by atoms with Crippen LogP contribution in [-0.4, -0.2) is 19.9 Å². The van der Waals surface area contributed by atoms with Gasteiger partial charge < -0.3 is 5.32 Å². The molecule has 0 aliphatic rings. The Morgan fingerprint density at radius 1 is 0.812 bits per heavy atom. The Hall–Kier alpha value is -3.76. The number of aryl methyl sites for hydroxylation is 1. The third-order valence-electron chi connectivity index (χ3n) is 4.63. The lowest BCUT2D eigenvalue weighted by atomic mass is 10.0. The summed E-state index contributed by atoms with van der Waals surface area (Å²) < 4.78 is 78.4. The summed E-state index contributed by atoms with van der Waals surface area (Å²) in [6, 6.07) is 9.94. The molecule has 0 aliphatic heterocycles. The predicted octanol–water partition coefficient (Wildman–Crippen LogP) is 6.18. The largest absolute Gasteiger partial charge is 0.451 e. The zero-order chi connectivity index (χ0) is 23.1. The third kappa shape index (κ3) is 4.32. The molecule has 0 radical (unpaired) electrons. The van der Waals surface area contributed by atoms with Crippen molar-refractivity contribution in [3.8, 4) is 11.3 Å². The molecule has 164 valence electrons. The molecule has 0 unspecified atom stereocenters. The number of anilines is 2. The molecule has 0 atom stereocenters. The average Bonchev–Trinajstić information content (AvgIpc) is 2.73. The average molecular weight is 449 g/mol. The van der Waals surface area contributed by atoms with E-state index in [-0.39, 0.29) is 17.3 Å². The number of nitrogens with zero attached hydrogens (tertiary/aromatic N) is 4. The first-order valence-electron chi connectivity index (χ1n) is 9.13. The van der Waals surface area contributed by atoms with Crippen molar-refractivity contribution in [2.24, 2.45) is 0 Å². The van der Waals surface area contributed by atoms with Gasteiger partial charge in [0, 0.05) is 29.4 Å². The molecule has 4 rings (SSSR count). The van der Waals surface area contributed by atoms with Crippen molar-refractivity contribution in [1.29, 1.82) is 0 Å². The van der Waals surface area contributed by atoms with Gasteiger partial charge in [-0.2, -0.15) is 26.3 Å². The fourth-order valence-electron chi connectivity index (χ4n) is 3.11. The monoisotopic (exact) mass is 449 g/mol. The zero-order valence-electron chi connectivity index (χ0n) is 16.3. The van der Waals surface area contributed by atoms with Crippen LogP contribution in [0.15, 0.2) is 54.9 Å². The van der Waals surface area contributed by atoms with E-state index < -0.39 is 23.7 Å². The number of fused-ring (bicyclic) bond motifs is 1. The fourth-order valence-corrected chi connectivity index (χ4v) is 3.11. The number of hydrogen-bond donors (Lipinski definition) is 1. The molecular formula is C21H13F6N5. The first kappa shape index (κ1) is 21.5. The van der Waals surface area contributed by atoms with Crippen LogP contribution in [0.25, 0.3) is 22.2 Å². The second-order valence-electron chi connectivity index (χ2n) is 6.83. The highest BCUT2D eigenvalue weighted by atomic mass is 19.4. The molecular weight excluding hydrogens is 436 g/mol. The summed E-state index contributed by atoms with van der Waals surface area (Å²) in [7, 11) is 0. The Kier molecular flexibility index (Phi) is 5.19. The highest BCUT2D eigenvalue weighted by Gasteiger charge is 2.36. The number of alkyl halides is 6. The Bertz CT molecular complexity index is 1280. The number of pyridine rings is 2. The SMILES string of the molecule is Cc1c(-c2cc(Nc3ccc(C(F)(F)F)cn3)nc(C(F)(F)F)n2)ccc2cccnc12. The lowest BCUT2D eigenvalue weighted by Gasteiger charge is -2.14. The minimum atomic E-state index is -4.84. The van der Waals surface area contributed by atoms with Crippen molar-refractivity contribution < 1.29 is 26.3 Å². The molecule has 0 saturated carbocycles. The highest BCUT2D eigenvalue weighted by molar-refractivity contribution is 5.88. The summed E-state index contributed by atoms with van der Waals surface area (Å²) in [4.78, 5) is 15.0. The van der Waals surface area contributed by atoms with Gasteiger partial charge in [-0.1, -0.05) is 18.2 Å². The quantitative estimate of drug-likeness (QED) is 0.379. The van der Waals surface area contributed by atoms with Gasteiger partial charge in [0.25, 0.3) is 0 Å². The highest BCUT2D eigenvalue weighted by Crippen LogP contribution is 2.34. The Balaban J connectivity index is 1.78. The van der Waals surface area contributed by atoms with Crippen LogP contribution in [0.4, 0.5) is 38.0 Å². The standard InChI is InChI=1S/C21H13F6N5/c1-11-14(6-4-12-3-2-8-28-18(11)12)15-9-17(32-19(30-15)21(25,26)27)31-16-7-5-13(10-29-16)20(22,23)24/h2-10H,1H3,(H,29,30,31,32). The minimum Gasteiger partial charge on any atom is -0.325 e. The van der Waals surface area contributed by atoms with Gasteiger partial charge in [0.15, 0.2) is 0 Å². The zero-order valence-corrected chi connectivity index (χ0v) is 16.3. The summed E-state index contributed by atoms with van der Waals surface area (Å²) in [6.45, 7) is 1.71. The number of aromatic nitrogens is 4. The van der Waals surface area contributed by atoms with E-state index in [1.165, 1.54) is 6.07 Å². The second-order valence-corrected chi connectivity index (χ2v) is 6.83. The third-order valence-corrected chi connectivity index (χ3v) is 4.63. The lowest BCUT2D eigenvalue weighted by Crippen LogP contribution is -2.13. The van der Waals surface area contributed by atoms with Crippen molar-refractivity contribution in [2.75, 3.05) is 5.32 Å². The predicted molar refractivity (Wildman–Crippen MR) is 105 cm³/mol. The van der Waals surface area contributed by atoms with Crippen LogP contribution in [0.5, 0.6) is 0 Å². The Morgan fingerprint density at radius 2 is 1.59 bits per heavy atom. The number of halogens is 6. The van der Waals surface area contributed by atoms with Crippen molar-refractivity contribution in [3.05, 3.63) is 71.8 Å². The topological polar surface area (TPSA) is 63.6 Å². The van der Waals surface area contributed by atoms with Gasteiger partial charge in [0.05, 0.1) is 16.8 Å². The van der Waals surface area contributed by atoms with Crippen LogP contribution < -0.4 is 5.32 Å². The van der Waals surface area contributed by atoms with Crippen molar-refractivity contribution in [1.82, 2.24) is 19.9 Å². The number of nitrogens with one attached hydrogen (secondary N) is 1. The molecule has 4 aromatic rings.